The molecule has 0 aromatic carbocycles. The number of nitrogens with zero attached hydrogens (tertiary/aromatic N) is 1. The second kappa shape index (κ2) is 6.76. The summed E-state index contributed by atoms with van der Waals surface area (Å²) in [5.74, 6) is 2.23. The molecule has 1 N–H and O–H groups in total. The van der Waals surface area contributed by atoms with Crippen LogP contribution in [0.5, 0.6) is 0 Å². The van der Waals surface area contributed by atoms with E-state index in [0.29, 0.717) is 23.5 Å². The molecule has 150 valence electrons. The molecule has 0 heterocycles. The first-order valence-electron chi connectivity index (χ1n) is 11.2. The number of aliphatic hydroxyl groups is 1. The standard InChI is InChI=1S/C24H37NO2/c1-5-25(6-2)15-16-13-21-19-8-7-17-14-18(26)9-11-23(17,3)20(19)10-12-24(21,4)22(16)27/h7,15,18-21,26H,5-6,8-14H2,1-4H3/b16-15+. The van der Waals surface area contributed by atoms with Gasteiger partial charge in [0.1, 0.15) is 0 Å². The van der Waals surface area contributed by atoms with E-state index in [2.05, 4.69) is 44.9 Å². The van der Waals surface area contributed by atoms with Crippen molar-refractivity contribution in [3.05, 3.63) is 23.4 Å². The third kappa shape index (κ3) is 2.84. The molecule has 0 aromatic heterocycles. The number of ketones is 1. The van der Waals surface area contributed by atoms with Gasteiger partial charge in [0, 0.05) is 30.3 Å². The number of hydrogen-bond acceptors (Lipinski definition) is 3. The Morgan fingerprint density at radius 2 is 1.81 bits per heavy atom. The Hall–Kier alpha value is -1.09. The molecule has 0 spiro atoms. The predicted molar refractivity (Wildman–Crippen MR) is 109 cm³/mol. The van der Waals surface area contributed by atoms with Crippen LogP contribution >= 0.6 is 0 Å². The zero-order valence-corrected chi connectivity index (χ0v) is 17.6. The highest BCUT2D eigenvalue weighted by atomic mass is 16.3. The van der Waals surface area contributed by atoms with Crippen molar-refractivity contribution in [2.45, 2.75) is 78.7 Å². The molecule has 3 heteroatoms. The highest BCUT2D eigenvalue weighted by Gasteiger charge is 2.59. The summed E-state index contributed by atoms with van der Waals surface area (Å²) in [6, 6.07) is 0. The first-order valence-corrected chi connectivity index (χ1v) is 11.2. The van der Waals surface area contributed by atoms with Gasteiger partial charge in [0.15, 0.2) is 5.78 Å². The summed E-state index contributed by atoms with van der Waals surface area (Å²) in [5, 5.41) is 10.2. The Morgan fingerprint density at radius 1 is 1.11 bits per heavy atom. The first-order chi connectivity index (χ1) is 12.8. The van der Waals surface area contributed by atoms with Gasteiger partial charge in [0.2, 0.25) is 0 Å². The summed E-state index contributed by atoms with van der Waals surface area (Å²) < 4.78 is 0. The van der Waals surface area contributed by atoms with Crippen molar-refractivity contribution in [2.24, 2.45) is 28.6 Å². The maximum absolute atomic E-state index is 13.4. The monoisotopic (exact) mass is 371 g/mol. The number of carbonyl (C=O) groups is 1. The van der Waals surface area contributed by atoms with Crippen LogP contribution in [-0.2, 0) is 4.79 Å². The SMILES string of the molecule is CCN(/C=C1\CC2C3CC=C4CC(O)CCC4(C)C3CCC2(C)C1=O)CC. The number of fused-ring (bicyclic) bond motifs is 5. The van der Waals surface area contributed by atoms with E-state index in [0.717, 1.165) is 57.2 Å². The molecule has 0 bridgehead atoms. The highest BCUT2D eigenvalue weighted by Crippen LogP contribution is 2.64. The minimum Gasteiger partial charge on any atom is -0.393 e. The van der Waals surface area contributed by atoms with E-state index < -0.39 is 0 Å². The Labute approximate surface area is 164 Å². The average molecular weight is 372 g/mol. The minimum atomic E-state index is -0.157. The summed E-state index contributed by atoms with van der Waals surface area (Å²) in [4.78, 5) is 15.6. The lowest BCUT2D eigenvalue weighted by molar-refractivity contribution is -0.130. The van der Waals surface area contributed by atoms with Crippen LogP contribution in [0.3, 0.4) is 0 Å². The second-order valence-electron chi connectivity index (χ2n) is 10.0. The van der Waals surface area contributed by atoms with E-state index in [4.69, 9.17) is 0 Å². The van der Waals surface area contributed by atoms with E-state index in [1.165, 1.54) is 12.0 Å². The van der Waals surface area contributed by atoms with Crippen LogP contribution in [0.4, 0.5) is 0 Å². The largest absolute Gasteiger partial charge is 0.393 e. The molecule has 0 amide bonds. The van der Waals surface area contributed by atoms with E-state index in [9.17, 15) is 9.90 Å². The summed E-state index contributed by atoms with van der Waals surface area (Å²) in [6.45, 7) is 11.0. The van der Waals surface area contributed by atoms with E-state index in [1.54, 1.807) is 0 Å². The van der Waals surface area contributed by atoms with Crippen molar-refractivity contribution in [2.75, 3.05) is 13.1 Å². The van der Waals surface area contributed by atoms with Crippen LogP contribution in [0.15, 0.2) is 23.4 Å². The molecule has 3 fully saturated rings. The van der Waals surface area contributed by atoms with Crippen molar-refractivity contribution in [1.82, 2.24) is 4.90 Å². The van der Waals surface area contributed by atoms with E-state index >= 15 is 0 Å². The number of hydrogen-bond donors (Lipinski definition) is 1. The normalized spacial score (nSPS) is 45.1. The van der Waals surface area contributed by atoms with Gasteiger partial charge < -0.3 is 10.0 Å². The molecule has 4 aliphatic rings. The smallest absolute Gasteiger partial charge is 0.166 e. The molecule has 3 saturated carbocycles. The lowest BCUT2D eigenvalue weighted by Crippen LogP contribution is -2.50. The van der Waals surface area contributed by atoms with E-state index in [-0.39, 0.29) is 16.9 Å². The molecule has 6 unspecified atom stereocenters. The van der Waals surface area contributed by atoms with Crippen LogP contribution in [0.25, 0.3) is 0 Å². The Morgan fingerprint density at radius 3 is 2.52 bits per heavy atom. The molecule has 27 heavy (non-hydrogen) atoms. The van der Waals surface area contributed by atoms with Crippen LogP contribution < -0.4 is 0 Å². The molecule has 0 saturated heterocycles. The topological polar surface area (TPSA) is 40.5 Å². The molecule has 6 atom stereocenters. The van der Waals surface area contributed by atoms with Gasteiger partial charge in [-0.05, 0) is 82.0 Å². The molecule has 0 aliphatic heterocycles. The first kappa shape index (κ1) is 19.2. The lowest BCUT2D eigenvalue weighted by atomic mass is 9.48. The van der Waals surface area contributed by atoms with Crippen molar-refractivity contribution in [3.8, 4) is 0 Å². The molecule has 4 rings (SSSR count). The Balaban J connectivity index is 1.65. The number of carbonyl (C=O) groups excluding carboxylic acids is 1. The summed E-state index contributed by atoms with van der Waals surface area (Å²) in [5.41, 5.74) is 2.67. The van der Waals surface area contributed by atoms with Gasteiger partial charge in [0.25, 0.3) is 0 Å². The van der Waals surface area contributed by atoms with Gasteiger partial charge in [-0.2, -0.15) is 0 Å². The molecular formula is C24H37NO2. The van der Waals surface area contributed by atoms with Crippen LogP contribution in [-0.4, -0.2) is 35.0 Å². The van der Waals surface area contributed by atoms with Gasteiger partial charge >= 0.3 is 0 Å². The zero-order valence-electron chi connectivity index (χ0n) is 17.6. The second-order valence-corrected chi connectivity index (χ2v) is 10.0. The Bertz CT molecular complexity index is 676. The van der Waals surface area contributed by atoms with Crippen molar-refractivity contribution >= 4 is 5.78 Å². The fourth-order valence-electron chi connectivity index (χ4n) is 7.05. The van der Waals surface area contributed by atoms with E-state index in [1.807, 2.05) is 0 Å². The fourth-order valence-corrected chi connectivity index (χ4v) is 7.05. The number of rotatable bonds is 3. The molecular weight excluding hydrogens is 334 g/mol. The van der Waals surface area contributed by atoms with Gasteiger partial charge in [-0.3, -0.25) is 4.79 Å². The molecule has 0 aromatic rings. The maximum Gasteiger partial charge on any atom is 0.166 e. The maximum atomic E-state index is 13.4. The fraction of sp³-hybridized carbons (Fsp3) is 0.792. The van der Waals surface area contributed by atoms with Gasteiger partial charge in [-0.25, -0.2) is 0 Å². The highest BCUT2D eigenvalue weighted by molar-refractivity contribution is 6.02. The third-order valence-electron chi connectivity index (χ3n) is 8.87. The Kier molecular flexibility index (Phi) is 4.81. The average Bonchev–Trinajstić information content (AvgIpc) is 2.91. The summed E-state index contributed by atoms with van der Waals surface area (Å²) >= 11 is 0. The summed E-state index contributed by atoms with van der Waals surface area (Å²) in [6.07, 6.45) is 11.7. The zero-order chi connectivity index (χ0) is 19.4. The quantitative estimate of drug-likeness (QED) is 0.577. The molecule has 4 aliphatic carbocycles. The van der Waals surface area contributed by atoms with Crippen molar-refractivity contribution < 1.29 is 9.90 Å². The number of aliphatic hydroxyl groups excluding tert-OH is 1. The van der Waals surface area contributed by atoms with Gasteiger partial charge in [-0.1, -0.05) is 25.5 Å². The van der Waals surface area contributed by atoms with Gasteiger partial charge in [-0.15, -0.1) is 0 Å². The summed E-state index contributed by atoms with van der Waals surface area (Å²) in [7, 11) is 0. The van der Waals surface area contributed by atoms with Gasteiger partial charge in [0.05, 0.1) is 6.10 Å². The number of allylic oxidation sites excluding steroid dienone is 2. The number of Topliss-reactive ketones (excluding diaryl/α,β-unsaturated/α-hetero) is 1. The van der Waals surface area contributed by atoms with Crippen LogP contribution in [0.1, 0.15) is 72.6 Å². The molecule has 0 radical (unpaired) electrons. The lowest BCUT2D eigenvalue weighted by Gasteiger charge is -2.56. The minimum absolute atomic E-state index is 0.147. The van der Waals surface area contributed by atoms with Crippen LogP contribution in [0.2, 0.25) is 0 Å². The molecule has 3 nitrogen and oxygen atoms in total. The third-order valence-corrected chi connectivity index (χ3v) is 8.87. The van der Waals surface area contributed by atoms with Crippen molar-refractivity contribution in [3.63, 3.8) is 0 Å². The van der Waals surface area contributed by atoms with Crippen LogP contribution in [0, 0.1) is 28.6 Å². The van der Waals surface area contributed by atoms with Crippen molar-refractivity contribution in [1.29, 1.82) is 0 Å². The predicted octanol–water partition coefficient (Wildman–Crippen LogP) is 4.71.